The number of fused-ring (bicyclic) bond motifs is 1. The van der Waals surface area contributed by atoms with E-state index >= 15 is 0 Å². The Labute approximate surface area is 160 Å². The second kappa shape index (κ2) is 7.89. The molecular formula is C21H30N4O2. The Morgan fingerprint density at radius 3 is 2.85 bits per heavy atom. The lowest BCUT2D eigenvalue weighted by Gasteiger charge is -2.27. The summed E-state index contributed by atoms with van der Waals surface area (Å²) in [7, 11) is 1.82. The predicted octanol–water partition coefficient (Wildman–Crippen LogP) is 3.16. The zero-order chi connectivity index (χ0) is 18.8. The van der Waals surface area contributed by atoms with Crippen molar-refractivity contribution in [1.29, 1.82) is 0 Å². The minimum Gasteiger partial charge on any atom is -0.467 e. The number of nitrogens with zero attached hydrogens (tertiary/aromatic N) is 3. The Balaban J connectivity index is 1.52. The van der Waals surface area contributed by atoms with Gasteiger partial charge in [-0.05, 0) is 51.2 Å². The molecule has 1 atom stereocenters. The van der Waals surface area contributed by atoms with Crippen molar-refractivity contribution >= 4 is 5.91 Å². The lowest BCUT2D eigenvalue weighted by Crippen LogP contribution is -2.41. The van der Waals surface area contributed by atoms with Gasteiger partial charge in [0, 0.05) is 36.9 Å². The maximum Gasteiger partial charge on any atom is 0.274 e. The van der Waals surface area contributed by atoms with E-state index in [0.717, 1.165) is 37.1 Å². The smallest absolute Gasteiger partial charge is 0.274 e. The quantitative estimate of drug-likeness (QED) is 0.848. The van der Waals surface area contributed by atoms with E-state index in [2.05, 4.69) is 12.2 Å². The lowest BCUT2D eigenvalue weighted by molar-refractivity contribution is 0.0767. The Kier molecular flexibility index (Phi) is 5.34. The monoisotopic (exact) mass is 370 g/mol. The maximum atomic E-state index is 13.1. The minimum atomic E-state index is -0.0173. The standard InChI is InChI=1S/C21H30N4O2/c1-3-25-19-11-10-16(22-15-7-4-5-8-15)13-18(19)20(23-25)21(26)24(2)14-17-9-6-12-27-17/h6,9,12,15-16,22H,3-5,7-8,10-11,13-14H2,1-2H3/t16-/m1/s1. The van der Waals surface area contributed by atoms with E-state index in [9.17, 15) is 4.79 Å². The van der Waals surface area contributed by atoms with Gasteiger partial charge in [0.05, 0.1) is 12.8 Å². The van der Waals surface area contributed by atoms with Crippen LogP contribution in [0.25, 0.3) is 0 Å². The molecule has 0 radical (unpaired) electrons. The number of amides is 1. The summed E-state index contributed by atoms with van der Waals surface area (Å²) >= 11 is 0. The summed E-state index contributed by atoms with van der Waals surface area (Å²) in [4.78, 5) is 14.8. The highest BCUT2D eigenvalue weighted by atomic mass is 16.3. The van der Waals surface area contributed by atoms with Crippen LogP contribution in [0.15, 0.2) is 22.8 Å². The van der Waals surface area contributed by atoms with Crippen molar-refractivity contribution in [3.8, 4) is 0 Å². The molecule has 2 aliphatic carbocycles. The third kappa shape index (κ3) is 3.81. The van der Waals surface area contributed by atoms with Crippen LogP contribution in [0, 0.1) is 0 Å². The number of furan rings is 1. The van der Waals surface area contributed by atoms with E-state index in [1.54, 1.807) is 11.2 Å². The van der Waals surface area contributed by atoms with Crippen molar-refractivity contribution in [2.24, 2.45) is 0 Å². The molecule has 1 amide bonds. The van der Waals surface area contributed by atoms with E-state index in [0.29, 0.717) is 24.3 Å². The Bertz CT molecular complexity index is 774. The predicted molar refractivity (Wildman–Crippen MR) is 104 cm³/mol. The fourth-order valence-corrected chi connectivity index (χ4v) is 4.58. The fourth-order valence-electron chi connectivity index (χ4n) is 4.58. The number of carbonyl (C=O) groups excluding carboxylic acids is 1. The first kappa shape index (κ1) is 18.3. The number of nitrogens with one attached hydrogen (secondary N) is 1. The van der Waals surface area contributed by atoms with Crippen LogP contribution in [0.3, 0.4) is 0 Å². The molecule has 2 aliphatic rings. The van der Waals surface area contributed by atoms with Crippen molar-refractivity contribution in [3.63, 3.8) is 0 Å². The number of hydrogen-bond donors (Lipinski definition) is 1. The number of aryl methyl sites for hydroxylation is 1. The van der Waals surface area contributed by atoms with Crippen molar-refractivity contribution in [2.75, 3.05) is 7.05 Å². The van der Waals surface area contributed by atoms with Gasteiger partial charge in [0.1, 0.15) is 5.76 Å². The van der Waals surface area contributed by atoms with E-state index < -0.39 is 0 Å². The molecule has 4 rings (SSSR count). The average Bonchev–Trinajstić information content (AvgIpc) is 3.42. The molecule has 27 heavy (non-hydrogen) atoms. The molecule has 2 heterocycles. The molecule has 2 aromatic rings. The lowest BCUT2D eigenvalue weighted by atomic mass is 9.90. The zero-order valence-corrected chi connectivity index (χ0v) is 16.4. The number of hydrogen-bond acceptors (Lipinski definition) is 4. The molecule has 0 unspecified atom stereocenters. The van der Waals surface area contributed by atoms with Gasteiger partial charge in [-0.25, -0.2) is 0 Å². The molecule has 1 saturated carbocycles. The highest BCUT2D eigenvalue weighted by Gasteiger charge is 2.31. The fraction of sp³-hybridized carbons (Fsp3) is 0.619. The number of carbonyl (C=O) groups is 1. The first-order valence-electron chi connectivity index (χ1n) is 10.3. The van der Waals surface area contributed by atoms with Crippen molar-refractivity contribution in [3.05, 3.63) is 41.1 Å². The molecule has 0 aliphatic heterocycles. The first-order chi connectivity index (χ1) is 13.2. The Hall–Kier alpha value is -2.08. The molecular weight excluding hydrogens is 340 g/mol. The molecule has 146 valence electrons. The highest BCUT2D eigenvalue weighted by Crippen LogP contribution is 2.28. The molecule has 2 aromatic heterocycles. The van der Waals surface area contributed by atoms with Crippen LogP contribution in [0.5, 0.6) is 0 Å². The molecule has 0 spiro atoms. The van der Waals surface area contributed by atoms with Crippen molar-refractivity contribution < 1.29 is 9.21 Å². The second-order valence-electron chi connectivity index (χ2n) is 7.92. The topological polar surface area (TPSA) is 63.3 Å². The molecule has 0 bridgehead atoms. The van der Waals surface area contributed by atoms with Crippen molar-refractivity contribution in [2.45, 2.75) is 77.0 Å². The van der Waals surface area contributed by atoms with Crippen LogP contribution >= 0.6 is 0 Å². The van der Waals surface area contributed by atoms with E-state index in [4.69, 9.17) is 9.52 Å². The third-order valence-electron chi connectivity index (χ3n) is 6.00. The van der Waals surface area contributed by atoms with Crippen LogP contribution in [0.2, 0.25) is 0 Å². The number of rotatable bonds is 6. The van der Waals surface area contributed by atoms with Gasteiger partial charge in [0.15, 0.2) is 5.69 Å². The van der Waals surface area contributed by atoms with Crippen LogP contribution in [0.1, 0.15) is 66.5 Å². The van der Waals surface area contributed by atoms with Crippen LogP contribution in [-0.4, -0.2) is 39.7 Å². The summed E-state index contributed by atoms with van der Waals surface area (Å²) in [5, 5.41) is 8.53. The highest BCUT2D eigenvalue weighted by molar-refractivity contribution is 5.94. The van der Waals surface area contributed by atoms with Crippen LogP contribution in [0.4, 0.5) is 0 Å². The van der Waals surface area contributed by atoms with Gasteiger partial charge in [-0.3, -0.25) is 9.48 Å². The molecule has 6 nitrogen and oxygen atoms in total. The summed E-state index contributed by atoms with van der Waals surface area (Å²) in [5.74, 6) is 0.770. The average molecular weight is 370 g/mol. The molecule has 6 heteroatoms. The van der Waals surface area contributed by atoms with Gasteiger partial charge < -0.3 is 14.6 Å². The van der Waals surface area contributed by atoms with E-state index in [1.807, 2.05) is 23.9 Å². The maximum absolute atomic E-state index is 13.1. The van der Waals surface area contributed by atoms with Crippen LogP contribution in [-0.2, 0) is 25.9 Å². The van der Waals surface area contributed by atoms with Gasteiger partial charge in [-0.1, -0.05) is 12.8 Å². The SMILES string of the molecule is CCn1nc(C(=O)N(C)Cc2ccco2)c2c1CC[C@@H](NC1CCCC1)C2. The summed E-state index contributed by atoms with van der Waals surface area (Å²) in [6.45, 7) is 3.36. The third-order valence-corrected chi connectivity index (χ3v) is 6.00. The summed E-state index contributed by atoms with van der Waals surface area (Å²) < 4.78 is 7.41. The summed E-state index contributed by atoms with van der Waals surface area (Å²) in [6.07, 6.45) is 9.92. The van der Waals surface area contributed by atoms with Crippen LogP contribution < -0.4 is 5.32 Å². The normalized spacial score (nSPS) is 20.0. The minimum absolute atomic E-state index is 0.0173. The van der Waals surface area contributed by atoms with Gasteiger partial charge in [-0.2, -0.15) is 5.10 Å². The molecule has 1 fully saturated rings. The van der Waals surface area contributed by atoms with Gasteiger partial charge in [0.25, 0.3) is 5.91 Å². The summed E-state index contributed by atoms with van der Waals surface area (Å²) in [5.41, 5.74) is 3.02. The molecule has 0 aromatic carbocycles. The van der Waals surface area contributed by atoms with Crippen molar-refractivity contribution in [1.82, 2.24) is 20.0 Å². The van der Waals surface area contributed by atoms with E-state index in [-0.39, 0.29) is 5.91 Å². The van der Waals surface area contributed by atoms with Gasteiger partial charge in [-0.15, -0.1) is 0 Å². The second-order valence-corrected chi connectivity index (χ2v) is 7.92. The summed E-state index contributed by atoms with van der Waals surface area (Å²) in [6, 6.07) is 4.85. The number of aromatic nitrogens is 2. The largest absolute Gasteiger partial charge is 0.467 e. The molecule has 1 N–H and O–H groups in total. The Morgan fingerprint density at radius 1 is 1.33 bits per heavy atom. The molecule has 0 saturated heterocycles. The zero-order valence-electron chi connectivity index (χ0n) is 16.4. The Morgan fingerprint density at radius 2 is 2.15 bits per heavy atom. The first-order valence-corrected chi connectivity index (χ1v) is 10.3. The van der Waals surface area contributed by atoms with Gasteiger partial charge >= 0.3 is 0 Å². The van der Waals surface area contributed by atoms with Gasteiger partial charge in [0.2, 0.25) is 0 Å². The van der Waals surface area contributed by atoms with E-state index in [1.165, 1.54) is 31.4 Å².